The zero-order chi connectivity index (χ0) is 16.1. The number of hydrogen-bond acceptors (Lipinski definition) is 3. The molecular weight excluding hydrogens is 278 g/mol. The molecule has 22 heavy (non-hydrogen) atoms. The van der Waals surface area contributed by atoms with Crippen LogP contribution in [0.4, 0.5) is 5.69 Å². The van der Waals surface area contributed by atoms with E-state index in [1.165, 1.54) is 12.6 Å². The Kier molecular flexibility index (Phi) is 5.41. The number of likely N-dealkylation sites (tertiary alicyclic amines) is 1. The molecule has 2 rings (SSSR count). The average molecular weight is 303 g/mol. The van der Waals surface area contributed by atoms with Crippen LogP contribution in [0.5, 0.6) is 0 Å². The van der Waals surface area contributed by atoms with Gasteiger partial charge in [-0.05, 0) is 31.9 Å². The molecule has 1 heterocycles. The summed E-state index contributed by atoms with van der Waals surface area (Å²) >= 11 is 0. The fourth-order valence-electron chi connectivity index (χ4n) is 2.99. The lowest BCUT2D eigenvalue weighted by Crippen LogP contribution is -2.51. The monoisotopic (exact) mass is 303 g/mol. The summed E-state index contributed by atoms with van der Waals surface area (Å²) in [4.78, 5) is 27.5. The van der Waals surface area contributed by atoms with E-state index in [2.05, 4.69) is 29.4 Å². The number of hydrogen-bond donors (Lipinski definition) is 1. The molecule has 1 aliphatic rings. The summed E-state index contributed by atoms with van der Waals surface area (Å²) in [5, 5.41) is 2.66. The van der Waals surface area contributed by atoms with Gasteiger partial charge >= 0.3 is 0 Å². The van der Waals surface area contributed by atoms with Crippen LogP contribution in [-0.4, -0.2) is 48.9 Å². The number of piperidine rings is 1. The number of carbonyl (C=O) groups is 2. The van der Waals surface area contributed by atoms with Crippen molar-refractivity contribution in [3.05, 3.63) is 30.3 Å². The van der Waals surface area contributed by atoms with Gasteiger partial charge in [0.25, 0.3) is 0 Å². The summed E-state index contributed by atoms with van der Waals surface area (Å²) in [5.41, 5.74) is 1.21. The van der Waals surface area contributed by atoms with Crippen LogP contribution in [-0.2, 0) is 9.59 Å². The van der Waals surface area contributed by atoms with E-state index in [4.69, 9.17) is 0 Å². The van der Waals surface area contributed by atoms with Crippen LogP contribution in [0, 0.1) is 0 Å². The van der Waals surface area contributed by atoms with E-state index >= 15 is 0 Å². The molecule has 5 nitrogen and oxygen atoms in total. The first-order valence-electron chi connectivity index (χ1n) is 7.83. The first-order chi connectivity index (χ1) is 10.5. The lowest BCUT2D eigenvalue weighted by molar-refractivity contribution is -0.136. The van der Waals surface area contributed by atoms with Crippen molar-refractivity contribution in [1.29, 1.82) is 0 Å². The van der Waals surface area contributed by atoms with Crippen molar-refractivity contribution in [2.45, 2.75) is 38.8 Å². The van der Waals surface area contributed by atoms with Gasteiger partial charge in [0.15, 0.2) is 0 Å². The van der Waals surface area contributed by atoms with Crippen LogP contribution >= 0.6 is 0 Å². The van der Waals surface area contributed by atoms with Gasteiger partial charge in [0.1, 0.15) is 6.04 Å². The summed E-state index contributed by atoms with van der Waals surface area (Å²) in [5.74, 6) is -0.157. The van der Waals surface area contributed by atoms with E-state index in [1.807, 2.05) is 23.1 Å². The molecule has 1 atom stereocenters. The van der Waals surface area contributed by atoms with Gasteiger partial charge in [0.05, 0.1) is 0 Å². The quantitative estimate of drug-likeness (QED) is 0.920. The maximum absolute atomic E-state index is 12.3. The summed E-state index contributed by atoms with van der Waals surface area (Å²) in [6.45, 7) is 4.66. The number of carbonyl (C=O) groups excluding carboxylic acids is 2. The third-order valence-electron chi connectivity index (χ3n) is 4.28. The Morgan fingerprint density at radius 3 is 2.36 bits per heavy atom. The van der Waals surface area contributed by atoms with Crippen LogP contribution in [0.15, 0.2) is 30.3 Å². The molecule has 1 fully saturated rings. The number of para-hydroxylation sites is 1. The zero-order valence-corrected chi connectivity index (χ0v) is 13.6. The van der Waals surface area contributed by atoms with Gasteiger partial charge < -0.3 is 15.1 Å². The van der Waals surface area contributed by atoms with Crippen molar-refractivity contribution in [1.82, 2.24) is 10.2 Å². The van der Waals surface area contributed by atoms with Gasteiger partial charge in [-0.2, -0.15) is 0 Å². The molecule has 0 bridgehead atoms. The Morgan fingerprint density at radius 1 is 1.23 bits per heavy atom. The van der Waals surface area contributed by atoms with Crippen LogP contribution in [0.2, 0.25) is 0 Å². The van der Waals surface area contributed by atoms with Gasteiger partial charge in [-0.15, -0.1) is 0 Å². The molecule has 120 valence electrons. The Bertz CT molecular complexity index is 510. The zero-order valence-electron chi connectivity index (χ0n) is 13.6. The molecule has 2 amide bonds. The minimum atomic E-state index is -0.444. The standard InChI is InChI=1S/C17H25N3O2/c1-13(18-14(2)21)17(22)20-11-9-16(10-12-20)19(3)15-7-5-4-6-8-15/h4-8,13,16H,9-12H2,1-3H3,(H,18,21). The first kappa shape index (κ1) is 16.3. The summed E-state index contributed by atoms with van der Waals surface area (Å²) in [7, 11) is 2.11. The summed E-state index contributed by atoms with van der Waals surface area (Å²) in [6, 6.07) is 10.3. The minimum Gasteiger partial charge on any atom is -0.371 e. The van der Waals surface area contributed by atoms with Crippen LogP contribution in [0.25, 0.3) is 0 Å². The molecule has 1 unspecified atom stereocenters. The topological polar surface area (TPSA) is 52.7 Å². The van der Waals surface area contributed by atoms with Crippen molar-refractivity contribution in [2.75, 3.05) is 25.0 Å². The lowest BCUT2D eigenvalue weighted by atomic mass is 10.0. The van der Waals surface area contributed by atoms with E-state index in [1.54, 1.807) is 6.92 Å². The van der Waals surface area contributed by atoms with Crippen molar-refractivity contribution in [3.8, 4) is 0 Å². The predicted octanol–water partition coefficient (Wildman–Crippen LogP) is 1.64. The summed E-state index contributed by atoms with van der Waals surface area (Å²) in [6.07, 6.45) is 1.90. The second kappa shape index (κ2) is 7.29. The normalized spacial score (nSPS) is 17.0. The third-order valence-corrected chi connectivity index (χ3v) is 4.28. The van der Waals surface area contributed by atoms with Crippen molar-refractivity contribution >= 4 is 17.5 Å². The molecule has 0 saturated carbocycles. The molecule has 1 aliphatic heterocycles. The molecule has 1 saturated heterocycles. The number of nitrogens with zero attached hydrogens (tertiary/aromatic N) is 2. The molecule has 0 aliphatic carbocycles. The lowest BCUT2D eigenvalue weighted by Gasteiger charge is -2.38. The van der Waals surface area contributed by atoms with E-state index < -0.39 is 6.04 Å². The van der Waals surface area contributed by atoms with Gasteiger partial charge in [0.2, 0.25) is 11.8 Å². The summed E-state index contributed by atoms with van der Waals surface area (Å²) < 4.78 is 0. The second-order valence-corrected chi connectivity index (χ2v) is 5.93. The number of anilines is 1. The molecule has 1 N–H and O–H groups in total. The number of rotatable bonds is 4. The fraction of sp³-hybridized carbons (Fsp3) is 0.529. The van der Waals surface area contributed by atoms with Crippen molar-refractivity contribution < 1.29 is 9.59 Å². The third kappa shape index (κ3) is 4.00. The second-order valence-electron chi connectivity index (χ2n) is 5.93. The van der Waals surface area contributed by atoms with E-state index in [0.717, 1.165) is 25.9 Å². The molecule has 0 spiro atoms. The maximum Gasteiger partial charge on any atom is 0.244 e. The van der Waals surface area contributed by atoms with Gasteiger partial charge in [-0.1, -0.05) is 18.2 Å². The Labute approximate surface area is 132 Å². The number of nitrogens with one attached hydrogen (secondary N) is 1. The Hall–Kier alpha value is -2.04. The SMILES string of the molecule is CC(=O)NC(C)C(=O)N1CCC(N(C)c2ccccc2)CC1. The molecule has 1 aromatic rings. The van der Waals surface area contributed by atoms with E-state index in [-0.39, 0.29) is 11.8 Å². The molecule has 0 radical (unpaired) electrons. The first-order valence-corrected chi connectivity index (χ1v) is 7.83. The maximum atomic E-state index is 12.3. The highest BCUT2D eigenvalue weighted by Gasteiger charge is 2.28. The van der Waals surface area contributed by atoms with Crippen LogP contribution < -0.4 is 10.2 Å². The largest absolute Gasteiger partial charge is 0.371 e. The Morgan fingerprint density at radius 2 is 1.82 bits per heavy atom. The predicted molar refractivity (Wildman–Crippen MR) is 87.7 cm³/mol. The van der Waals surface area contributed by atoms with Gasteiger partial charge in [-0.25, -0.2) is 0 Å². The van der Waals surface area contributed by atoms with Crippen molar-refractivity contribution in [2.24, 2.45) is 0 Å². The van der Waals surface area contributed by atoms with Gasteiger partial charge in [-0.3, -0.25) is 9.59 Å². The highest BCUT2D eigenvalue weighted by atomic mass is 16.2. The highest BCUT2D eigenvalue weighted by Crippen LogP contribution is 2.22. The smallest absolute Gasteiger partial charge is 0.244 e. The molecular formula is C17H25N3O2. The van der Waals surface area contributed by atoms with E-state index in [0.29, 0.717) is 6.04 Å². The number of benzene rings is 1. The van der Waals surface area contributed by atoms with Crippen LogP contribution in [0.3, 0.4) is 0 Å². The fourth-order valence-corrected chi connectivity index (χ4v) is 2.99. The van der Waals surface area contributed by atoms with Gasteiger partial charge in [0, 0.05) is 38.8 Å². The van der Waals surface area contributed by atoms with Crippen LogP contribution in [0.1, 0.15) is 26.7 Å². The van der Waals surface area contributed by atoms with E-state index in [9.17, 15) is 9.59 Å². The van der Waals surface area contributed by atoms with Crippen molar-refractivity contribution in [3.63, 3.8) is 0 Å². The average Bonchev–Trinajstić information content (AvgIpc) is 2.54. The molecule has 1 aromatic carbocycles. The molecule has 0 aromatic heterocycles. The minimum absolute atomic E-state index is 0.0102. The highest BCUT2D eigenvalue weighted by molar-refractivity contribution is 5.86. The number of amides is 2. The Balaban J connectivity index is 1.87. The molecule has 5 heteroatoms.